The van der Waals surface area contributed by atoms with E-state index in [9.17, 15) is 4.79 Å². The zero-order valence-electron chi connectivity index (χ0n) is 13.6. The van der Waals surface area contributed by atoms with E-state index >= 15 is 0 Å². The number of benzene rings is 1. The van der Waals surface area contributed by atoms with Crippen LogP contribution in [-0.4, -0.2) is 49.3 Å². The van der Waals surface area contributed by atoms with Crippen molar-refractivity contribution in [1.29, 1.82) is 0 Å². The molecule has 0 aliphatic heterocycles. The van der Waals surface area contributed by atoms with Crippen LogP contribution in [0.2, 0.25) is 5.02 Å². The summed E-state index contributed by atoms with van der Waals surface area (Å²) in [4.78, 5) is 25.3. The molecule has 0 aliphatic carbocycles. The lowest BCUT2D eigenvalue weighted by atomic mass is 10.2. The number of carbonyl (C=O) groups is 1. The summed E-state index contributed by atoms with van der Waals surface area (Å²) in [6, 6.07) is 6.15. The number of carbonyl (C=O) groups excluding carboxylic acids is 1. The van der Waals surface area contributed by atoms with Crippen LogP contribution in [0.1, 0.15) is 10.4 Å². The number of halogens is 1. The Morgan fingerprint density at radius 1 is 1.12 bits per heavy atom. The van der Waals surface area contributed by atoms with Crippen molar-refractivity contribution in [3.8, 4) is 23.5 Å². The first kappa shape index (κ1) is 17.8. The fourth-order valence-electron chi connectivity index (χ4n) is 1.74. The summed E-state index contributed by atoms with van der Waals surface area (Å²) >= 11 is 6.10. The zero-order valence-corrected chi connectivity index (χ0v) is 14.3. The third-order valence-corrected chi connectivity index (χ3v) is 3.04. The number of aromatic nitrogens is 2. The molecule has 0 saturated carbocycles. The molecule has 0 radical (unpaired) electrons. The molecule has 0 fully saturated rings. The van der Waals surface area contributed by atoms with E-state index in [0.29, 0.717) is 0 Å². The van der Waals surface area contributed by atoms with Crippen LogP contribution in [0.5, 0.6) is 23.5 Å². The molecule has 0 amide bonds. The fourth-order valence-corrected chi connectivity index (χ4v) is 1.98. The Labute approximate surface area is 143 Å². The molecule has 0 N–H and O–H groups in total. The van der Waals surface area contributed by atoms with E-state index in [2.05, 4.69) is 9.97 Å². The lowest BCUT2D eigenvalue weighted by molar-refractivity contribution is -0.0714. The van der Waals surface area contributed by atoms with Gasteiger partial charge in [-0.25, -0.2) is 4.79 Å². The van der Waals surface area contributed by atoms with Gasteiger partial charge in [-0.2, -0.15) is 9.97 Å². The first-order chi connectivity index (χ1) is 11.4. The van der Waals surface area contributed by atoms with Gasteiger partial charge in [0.1, 0.15) is 11.3 Å². The predicted octanol–water partition coefficient (Wildman–Crippen LogP) is 2.57. The normalized spacial score (nSPS) is 10.4. The average Bonchev–Trinajstić information content (AvgIpc) is 2.53. The average molecular weight is 354 g/mol. The highest BCUT2D eigenvalue weighted by atomic mass is 35.5. The molecular weight excluding hydrogens is 338 g/mol. The van der Waals surface area contributed by atoms with Crippen molar-refractivity contribution in [1.82, 2.24) is 15.0 Å². The maximum atomic E-state index is 12.2. The van der Waals surface area contributed by atoms with E-state index in [-0.39, 0.29) is 34.1 Å². The minimum absolute atomic E-state index is 0.0539. The lowest BCUT2D eigenvalue weighted by Gasteiger charge is -2.14. The van der Waals surface area contributed by atoms with Gasteiger partial charge in [0, 0.05) is 14.1 Å². The Balaban J connectivity index is 2.40. The van der Waals surface area contributed by atoms with Gasteiger partial charge in [-0.3, -0.25) is 0 Å². The standard InChI is InChI=1S/C15H16ClN3O5/c1-19(2)24-14(20)13-9(16)6-5-7-10(13)23-15-17-11(21-3)8-12(18-15)22-4/h5-8H,1-4H3. The van der Waals surface area contributed by atoms with Crippen LogP contribution in [0.15, 0.2) is 24.3 Å². The van der Waals surface area contributed by atoms with Gasteiger partial charge in [0.15, 0.2) is 0 Å². The zero-order chi connectivity index (χ0) is 17.7. The highest BCUT2D eigenvalue weighted by Gasteiger charge is 2.21. The summed E-state index contributed by atoms with van der Waals surface area (Å²) in [5.41, 5.74) is 0.0539. The minimum Gasteiger partial charge on any atom is -0.481 e. The van der Waals surface area contributed by atoms with Crippen LogP contribution in [0.25, 0.3) is 0 Å². The number of hydrogen-bond donors (Lipinski definition) is 0. The number of hydroxylamine groups is 2. The predicted molar refractivity (Wildman–Crippen MR) is 85.8 cm³/mol. The molecule has 1 heterocycles. The first-order valence-electron chi connectivity index (χ1n) is 6.77. The maximum Gasteiger partial charge on any atom is 0.362 e. The van der Waals surface area contributed by atoms with Gasteiger partial charge in [-0.05, 0) is 12.1 Å². The topological polar surface area (TPSA) is 83.0 Å². The van der Waals surface area contributed by atoms with Crippen molar-refractivity contribution >= 4 is 17.6 Å². The number of hydrogen-bond acceptors (Lipinski definition) is 8. The second-order valence-corrected chi connectivity index (χ2v) is 5.05. The van der Waals surface area contributed by atoms with E-state index in [1.165, 1.54) is 25.3 Å². The van der Waals surface area contributed by atoms with Crippen molar-refractivity contribution in [3.63, 3.8) is 0 Å². The molecule has 128 valence electrons. The SMILES string of the molecule is COc1cc(OC)nc(Oc2cccc(Cl)c2C(=O)ON(C)C)n1. The van der Waals surface area contributed by atoms with Gasteiger partial charge in [0.25, 0.3) is 0 Å². The molecule has 0 bridgehead atoms. The first-order valence-corrected chi connectivity index (χ1v) is 7.15. The Kier molecular flexibility index (Phi) is 5.78. The largest absolute Gasteiger partial charge is 0.481 e. The van der Waals surface area contributed by atoms with Crippen LogP contribution in [-0.2, 0) is 4.84 Å². The van der Waals surface area contributed by atoms with Gasteiger partial charge in [-0.1, -0.05) is 17.7 Å². The third-order valence-electron chi connectivity index (χ3n) is 2.72. The third kappa shape index (κ3) is 4.24. The van der Waals surface area contributed by atoms with E-state index < -0.39 is 5.97 Å². The summed E-state index contributed by atoms with van der Waals surface area (Å²) in [7, 11) is 6.05. The molecule has 1 aromatic heterocycles. The molecule has 8 nitrogen and oxygen atoms in total. The number of ether oxygens (including phenoxy) is 3. The van der Waals surface area contributed by atoms with Crippen molar-refractivity contribution < 1.29 is 23.8 Å². The van der Waals surface area contributed by atoms with Crippen molar-refractivity contribution in [2.24, 2.45) is 0 Å². The molecule has 0 unspecified atom stereocenters. The molecule has 0 saturated heterocycles. The van der Waals surface area contributed by atoms with E-state index in [0.717, 1.165) is 0 Å². The summed E-state index contributed by atoms with van der Waals surface area (Å²) in [5.74, 6) is -0.0345. The van der Waals surface area contributed by atoms with Crippen LogP contribution >= 0.6 is 11.6 Å². The molecule has 2 aromatic rings. The van der Waals surface area contributed by atoms with Crippen LogP contribution in [0.4, 0.5) is 0 Å². The van der Waals surface area contributed by atoms with Crippen molar-refractivity contribution in [3.05, 3.63) is 34.9 Å². The van der Waals surface area contributed by atoms with Gasteiger partial charge in [-0.15, -0.1) is 5.06 Å². The molecule has 0 spiro atoms. The van der Waals surface area contributed by atoms with Gasteiger partial charge in [0.2, 0.25) is 11.8 Å². The molecule has 1 aromatic carbocycles. The minimum atomic E-state index is -0.671. The highest BCUT2D eigenvalue weighted by Crippen LogP contribution is 2.31. The Bertz CT molecular complexity index is 717. The summed E-state index contributed by atoms with van der Waals surface area (Å²) in [6.07, 6.45) is 0. The molecule has 9 heteroatoms. The van der Waals surface area contributed by atoms with E-state index in [4.69, 9.17) is 30.6 Å². The van der Waals surface area contributed by atoms with Crippen molar-refractivity contribution in [2.45, 2.75) is 0 Å². The number of methoxy groups -OCH3 is 2. The Morgan fingerprint density at radius 2 is 1.75 bits per heavy atom. The summed E-state index contributed by atoms with van der Waals surface area (Å²) in [5, 5.41) is 1.43. The van der Waals surface area contributed by atoms with Gasteiger partial charge >= 0.3 is 12.0 Å². The van der Waals surface area contributed by atoms with E-state index in [1.54, 1.807) is 32.3 Å². The molecule has 0 aliphatic rings. The lowest BCUT2D eigenvalue weighted by Crippen LogP contribution is -2.19. The van der Waals surface area contributed by atoms with Crippen LogP contribution < -0.4 is 14.2 Å². The second kappa shape index (κ2) is 7.80. The summed E-state index contributed by atoms with van der Waals surface area (Å²) < 4.78 is 15.7. The quantitative estimate of drug-likeness (QED) is 0.733. The number of rotatable bonds is 6. The smallest absolute Gasteiger partial charge is 0.362 e. The highest BCUT2D eigenvalue weighted by molar-refractivity contribution is 6.34. The van der Waals surface area contributed by atoms with Crippen LogP contribution in [0, 0.1) is 0 Å². The number of nitrogens with zero attached hydrogens (tertiary/aromatic N) is 3. The maximum absolute atomic E-state index is 12.2. The molecule has 0 atom stereocenters. The Hall–Kier alpha value is -2.58. The summed E-state index contributed by atoms with van der Waals surface area (Å²) in [6.45, 7) is 0. The molecule has 24 heavy (non-hydrogen) atoms. The van der Waals surface area contributed by atoms with Crippen LogP contribution in [0.3, 0.4) is 0 Å². The van der Waals surface area contributed by atoms with E-state index in [1.807, 2.05) is 0 Å². The van der Waals surface area contributed by atoms with Gasteiger partial charge < -0.3 is 19.0 Å². The Morgan fingerprint density at radius 3 is 2.29 bits per heavy atom. The monoisotopic (exact) mass is 353 g/mol. The molecule has 2 rings (SSSR count). The van der Waals surface area contributed by atoms with Crippen molar-refractivity contribution in [2.75, 3.05) is 28.3 Å². The second-order valence-electron chi connectivity index (χ2n) is 4.64. The molecular formula is C15H16ClN3O5. The fraction of sp³-hybridized carbons (Fsp3) is 0.267. The van der Waals surface area contributed by atoms with Gasteiger partial charge in [0.05, 0.1) is 25.3 Å².